The highest BCUT2D eigenvalue weighted by molar-refractivity contribution is 5.94. The molecule has 0 fully saturated rings. The Hall–Kier alpha value is -3.02. The average molecular weight is 353 g/mol. The monoisotopic (exact) mass is 353 g/mol. The molecule has 6 nitrogen and oxygen atoms in total. The number of carbonyl (C=O) groups excluding carboxylic acids is 2. The molecule has 6 heteroatoms. The van der Waals surface area contributed by atoms with Gasteiger partial charge in [-0.15, -0.1) is 0 Å². The molecule has 2 aromatic carbocycles. The number of ether oxygens (including phenoxy) is 1. The fourth-order valence-electron chi connectivity index (χ4n) is 3.52. The lowest BCUT2D eigenvalue weighted by molar-refractivity contribution is -0.117. The number of benzene rings is 2. The number of nitrogens with two attached hydrogens (primary N) is 1. The molecule has 0 aliphatic carbocycles. The molecule has 0 aromatic heterocycles. The maximum atomic E-state index is 12.1. The first-order chi connectivity index (χ1) is 12.4. The molecule has 2 unspecified atom stereocenters. The van der Waals surface area contributed by atoms with Gasteiger partial charge in [-0.25, -0.2) is 0 Å². The fourth-order valence-corrected chi connectivity index (χ4v) is 3.52. The normalized spacial score (nSPS) is 18.8. The standard InChI is InChI=1S/C20H23N3O3/c1-12-10-18(22-15-6-4-14(5-7-15)20(21)25)17-11-16(26-3)8-9-19(17)23(12)13(2)24/h4-9,11-12,18,22H,10H2,1-3H3,(H2,21,25). The lowest BCUT2D eigenvalue weighted by atomic mass is 9.91. The van der Waals surface area contributed by atoms with E-state index in [1.54, 1.807) is 26.2 Å². The van der Waals surface area contributed by atoms with E-state index in [1.165, 1.54) is 0 Å². The van der Waals surface area contributed by atoms with Gasteiger partial charge in [-0.05, 0) is 55.8 Å². The maximum absolute atomic E-state index is 12.1. The van der Waals surface area contributed by atoms with Crippen molar-refractivity contribution < 1.29 is 14.3 Å². The lowest BCUT2D eigenvalue weighted by Gasteiger charge is -2.39. The number of primary amides is 1. The first-order valence-electron chi connectivity index (χ1n) is 8.55. The van der Waals surface area contributed by atoms with E-state index in [0.717, 1.165) is 29.1 Å². The molecule has 0 bridgehead atoms. The topological polar surface area (TPSA) is 84.7 Å². The van der Waals surface area contributed by atoms with Crippen LogP contribution < -0.4 is 20.7 Å². The Morgan fingerprint density at radius 1 is 1.19 bits per heavy atom. The van der Waals surface area contributed by atoms with E-state index in [2.05, 4.69) is 5.32 Å². The van der Waals surface area contributed by atoms with Crippen LogP contribution >= 0.6 is 0 Å². The molecule has 26 heavy (non-hydrogen) atoms. The van der Waals surface area contributed by atoms with Crippen molar-refractivity contribution in [3.05, 3.63) is 53.6 Å². The van der Waals surface area contributed by atoms with Gasteiger partial charge >= 0.3 is 0 Å². The van der Waals surface area contributed by atoms with Gasteiger partial charge < -0.3 is 20.7 Å². The van der Waals surface area contributed by atoms with Crippen LogP contribution in [0.1, 0.15) is 42.2 Å². The molecule has 0 spiro atoms. The van der Waals surface area contributed by atoms with Crippen molar-refractivity contribution in [1.29, 1.82) is 0 Å². The van der Waals surface area contributed by atoms with Crippen LogP contribution in [0.15, 0.2) is 42.5 Å². The number of hydrogen-bond donors (Lipinski definition) is 2. The maximum Gasteiger partial charge on any atom is 0.248 e. The summed E-state index contributed by atoms with van der Waals surface area (Å²) >= 11 is 0. The van der Waals surface area contributed by atoms with Crippen molar-refractivity contribution in [3.63, 3.8) is 0 Å². The van der Waals surface area contributed by atoms with E-state index in [0.29, 0.717) is 5.56 Å². The number of carbonyl (C=O) groups is 2. The van der Waals surface area contributed by atoms with Crippen LogP contribution in [0.4, 0.5) is 11.4 Å². The number of fused-ring (bicyclic) bond motifs is 1. The Kier molecular flexibility index (Phi) is 4.84. The van der Waals surface area contributed by atoms with E-state index < -0.39 is 5.91 Å². The molecule has 2 aromatic rings. The Bertz CT molecular complexity index is 833. The molecular formula is C20H23N3O3. The molecule has 1 aliphatic heterocycles. The number of nitrogens with zero attached hydrogens (tertiary/aromatic N) is 1. The molecule has 0 saturated carbocycles. The Morgan fingerprint density at radius 2 is 1.88 bits per heavy atom. The summed E-state index contributed by atoms with van der Waals surface area (Å²) in [4.78, 5) is 25.2. The SMILES string of the molecule is COc1ccc2c(c1)C(Nc1ccc(C(N)=O)cc1)CC(C)N2C(C)=O. The molecule has 3 N–H and O–H groups in total. The van der Waals surface area contributed by atoms with Gasteiger partial charge in [-0.1, -0.05) is 0 Å². The molecule has 1 heterocycles. The van der Waals surface area contributed by atoms with Gasteiger partial charge in [0.2, 0.25) is 11.8 Å². The summed E-state index contributed by atoms with van der Waals surface area (Å²) in [5, 5.41) is 3.50. The summed E-state index contributed by atoms with van der Waals surface area (Å²) in [5.74, 6) is 0.320. The highest BCUT2D eigenvalue weighted by Crippen LogP contribution is 2.40. The van der Waals surface area contributed by atoms with Crippen molar-refractivity contribution in [3.8, 4) is 5.75 Å². The van der Waals surface area contributed by atoms with E-state index in [-0.39, 0.29) is 18.0 Å². The minimum absolute atomic E-state index is 0.0186. The third-order valence-corrected chi connectivity index (χ3v) is 4.74. The summed E-state index contributed by atoms with van der Waals surface area (Å²) in [7, 11) is 1.63. The van der Waals surface area contributed by atoms with Crippen LogP contribution in [0.3, 0.4) is 0 Å². The van der Waals surface area contributed by atoms with Crippen molar-refractivity contribution >= 4 is 23.2 Å². The zero-order valence-electron chi connectivity index (χ0n) is 15.2. The second-order valence-electron chi connectivity index (χ2n) is 6.54. The summed E-state index contributed by atoms with van der Waals surface area (Å²) in [6, 6.07) is 12.9. The van der Waals surface area contributed by atoms with Crippen molar-refractivity contribution in [2.24, 2.45) is 5.73 Å². The average Bonchev–Trinajstić information content (AvgIpc) is 2.61. The highest BCUT2D eigenvalue weighted by Gasteiger charge is 2.32. The molecular weight excluding hydrogens is 330 g/mol. The highest BCUT2D eigenvalue weighted by atomic mass is 16.5. The molecule has 2 amide bonds. The summed E-state index contributed by atoms with van der Waals surface area (Å²) in [6.07, 6.45) is 0.761. The van der Waals surface area contributed by atoms with Crippen LogP contribution in [0.2, 0.25) is 0 Å². The zero-order chi connectivity index (χ0) is 18.8. The molecule has 136 valence electrons. The number of anilines is 2. The number of amides is 2. The van der Waals surface area contributed by atoms with Gasteiger partial charge in [0.25, 0.3) is 0 Å². The van der Waals surface area contributed by atoms with Crippen molar-refractivity contribution in [2.45, 2.75) is 32.4 Å². The fraction of sp³-hybridized carbons (Fsp3) is 0.300. The quantitative estimate of drug-likeness (QED) is 0.884. The molecule has 1 aliphatic rings. The smallest absolute Gasteiger partial charge is 0.248 e. The minimum Gasteiger partial charge on any atom is -0.497 e. The Morgan fingerprint density at radius 3 is 2.46 bits per heavy atom. The van der Waals surface area contributed by atoms with Crippen LogP contribution in [-0.2, 0) is 4.79 Å². The third kappa shape index (κ3) is 3.35. The van der Waals surface area contributed by atoms with E-state index in [4.69, 9.17) is 10.5 Å². The summed E-state index contributed by atoms with van der Waals surface area (Å²) in [5.41, 5.74) is 8.55. The largest absolute Gasteiger partial charge is 0.497 e. The third-order valence-electron chi connectivity index (χ3n) is 4.74. The minimum atomic E-state index is -0.449. The van der Waals surface area contributed by atoms with Gasteiger partial charge in [0, 0.05) is 35.5 Å². The van der Waals surface area contributed by atoms with Crippen molar-refractivity contribution in [2.75, 3.05) is 17.3 Å². The molecule has 3 rings (SSSR count). The molecule has 2 atom stereocenters. The Labute approximate surface area is 152 Å². The molecule has 0 radical (unpaired) electrons. The number of rotatable bonds is 4. The van der Waals surface area contributed by atoms with Gasteiger partial charge in [-0.2, -0.15) is 0 Å². The van der Waals surface area contributed by atoms with Crippen LogP contribution in [0.5, 0.6) is 5.75 Å². The van der Waals surface area contributed by atoms with Gasteiger partial charge in [0.1, 0.15) is 5.75 Å². The second kappa shape index (κ2) is 7.07. The first-order valence-corrected chi connectivity index (χ1v) is 8.55. The second-order valence-corrected chi connectivity index (χ2v) is 6.54. The predicted molar refractivity (Wildman–Crippen MR) is 102 cm³/mol. The summed E-state index contributed by atoms with van der Waals surface area (Å²) < 4.78 is 5.36. The first kappa shape index (κ1) is 17.8. The number of methoxy groups -OCH3 is 1. The lowest BCUT2D eigenvalue weighted by Crippen LogP contribution is -2.43. The van der Waals surface area contributed by atoms with Gasteiger partial charge in [0.05, 0.1) is 13.2 Å². The van der Waals surface area contributed by atoms with Crippen LogP contribution in [-0.4, -0.2) is 25.0 Å². The van der Waals surface area contributed by atoms with Gasteiger partial charge in [0.15, 0.2) is 0 Å². The zero-order valence-corrected chi connectivity index (χ0v) is 15.2. The van der Waals surface area contributed by atoms with E-state index in [9.17, 15) is 9.59 Å². The number of nitrogens with one attached hydrogen (secondary N) is 1. The summed E-state index contributed by atoms with van der Waals surface area (Å²) in [6.45, 7) is 3.63. The van der Waals surface area contributed by atoms with Gasteiger partial charge in [-0.3, -0.25) is 9.59 Å². The van der Waals surface area contributed by atoms with Crippen LogP contribution in [0, 0.1) is 0 Å². The predicted octanol–water partition coefficient (Wildman–Crippen LogP) is 3.09. The Balaban J connectivity index is 1.95. The van der Waals surface area contributed by atoms with Crippen LogP contribution in [0.25, 0.3) is 0 Å². The molecule has 0 saturated heterocycles. The van der Waals surface area contributed by atoms with E-state index in [1.807, 2.05) is 42.2 Å². The van der Waals surface area contributed by atoms with E-state index >= 15 is 0 Å². The van der Waals surface area contributed by atoms with Crippen molar-refractivity contribution in [1.82, 2.24) is 0 Å². The number of hydrogen-bond acceptors (Lipinski definition) is 4.